The van der Waals surface area contributed by atoms with E-state index in [1.54, 1.807) is 4.90 Å². The monoisotopic (exact) mass is 352 g/mol. The van der Waals surface area contributed by atoms with E-state index < -0.39 is 6.10 Å². The molecule has 0 saturated carbocycles. The number of nitrogens with zero attached hydrogens (tertiary/aromatic N) is 1. The van der Waals surface area contributed by atoms with E-state index in [0.717, 1.165) is 17.7 Å². The highest BCUT2D eigenvalue weighted by Gasteiger charge is 2.35. The summed E-state index contributed by atoms with van der Waals surface area (Å²) in [5, 5.41) is 12.9. The van der Waals surface area contributed by atoms with Crippen molar-refractivity contribution in [3.05, 3.63) is 66.2 Å². The Labute approximate surface area is 153 Å². The lowest BCUT2D eigenvalue weighted by Gasteiger charge is -2.17. The summed E-state index contributed by atoms with van der Waals surface area (Å²) < 4.78 is 0. The lowest BCUT2D eigenvalue weighted by atomic mass is 10.1. The molecule has 0 radical (unpaired) electrons. The molecule has 2 aromatic carbocycles. The molecule has 0 aromatic heterocycles. The van der Waals surface area contributed by atoms with Crippen molar-refractivity contribution >= 4 is 17.5 Å². The second kappa shape index (κ2) is 8.63. The van der Waals surface area contributed by atoms with Gasteiger partial charge in [-0.25, -0.2) is 0 Å². The maximum atomic E-state index is 12.3. The van der Waals surface area contributed by atoms with Crippen LogP contribution in [0, 0.1) is 5.92 Å². The first kappa shape index (κ1) is 18.1. The molecule has 136 valence electrons. The maximum absolute atomic E-state index is 12.3. The molecule has 1 saturated heterocycles. The lowest BCUT2D eigenvalue weighted by Crippen LogP contribution is -2.37. The number of hydrogen-bond acceptors (Lipinski definition) is 3. The topological polar surface area (TPSA) is 69.6 Å². The van der Waals surface area contributed by atoms with Crippen molar-refractivity contribution in [1.82, 2.24) is 5.32 Å². The van der Waals surface area contributed by atoms with Gasteiger partial charge in [0.05, 0.1) is 12.0 Å². The summed E-state index contributed by atoms with van der Waals surface area (Å²) in [5.74, 6) is -0.583. The lowest BCUT2D eigenvalue weighted by molar-refractivity contribution is -0.126. The number of benzene rings is 2. The third-order valence-corrected chi connectivity index (χ3v) is 4.68. The molecule has 0 spiro atoms. The molecule has 1 fully saturated rings. The zero-order valence-electron chi connectivity index (χ0n) is 14.7. The van der Waals surface area contributed by atoms with Gasteiger partial charge in [0.2, 0.25) is 11.8 Å². The first-order valence-corrected chi connectivity index (χ1v) is 8.98. The zero-order chi connectivity index (χ0) is 18.4. The third kappa shape index (κ3) is 4.70. The second-order valence-corrected chi connectivity index (χ2v) is 6.66. The van der Waals surface area contributed by atoms with Gasteiger partial charge in [-0.15, -0.1) is 0 Å². The normalized spacial score (nSPS) is 18.0. The fraction of sp³-hybridized carbons (Fsp3) is 0.333. The molecule has 5 nitrogen and oxygen atoms in total. The van der Waals surface area contributed by atoms with E-state index in [1.807, 2.05) is 60.7 Å². The minimum Gasteiger partial charge on any atom is -0.391 e. The Kier molecular flexibility index (Phi) is 6.02. The number of aryl methyl sites for hydroxylation is 1. The maximum Gasteiger partial charge on any atom is 0.227 e. The molecule has 3 rings (SSSR count). The van der Waals surface area contributed by atoms with Crippen molar-refractivity contribution < 1.29 is 14.7 Å². The summed E-state index contributed by atoms with van der Waals surface area (Å²) in [6, 6.07) is 19.3. The molecular weight excluding hydrogens is 328 g/mol. The number of aliphatic hydroxyl groups is 1. The predicted molar refractivity (Wildman–Crippen MR) is 101 cm³/mol. The van der Waals surface area contributed by atoms with Crippen LogP contribution < -0.4 is 10.2 Å². The molecule has 1 aliphatic heterocycles. The highest BCUT2D eigenvalue weighted by Crippen LogP contribution is 2.24. The molecule has 2 amide bonds. The number of para-hydroxylation sites is 1. The quantitative estimate of drug-likeness (QED) is 0.802. The molecule has 2 aromatic rings. The Morgan fingerprint density at radius 2 is 1.77 bits per heavy atom. The van der Waals surface area contributed by atoms with E-state index in [1.165, 1.54) is 0 Å². The van der Waals surface area contributed by atoms with E-state index in [2.05, 4.69) is 5.32 Å². The number of aliphatic hydroxyl groups excluding tert-OH is 1. The fourth-order valence-electron chi connectivity index (χ4n) is 3.18. The molecule has 2 atom stereocenters. The number of carbonyl (C=O) groups is 2. The van der Waals surface area contributed by atoms with Gasteiger partial charge in [0.15, 0.2) is 0 Å². The number of rotatable bonds is 7. The van der Waals surface area contributed by atoms with Crippen LogP contribution in [0.1, 0.15) is 18.4 Å². The average Bonchev–Trinajstić information content (AvgIpc) is 3.08. The van der Waals surface area contributed by atoms with Gasteiger partial charge in [0.1, 0.15) is 0 Å². The minimum atomic E-state index is -0.596. The highest BCUT2D eigenvalue weighted by molar-refractivity contribution is 6.00. The van der Waals surface area contributed by atoms with Crippen LogP contribution in [0.3, 0.4) is 0 Å². The first-order chi connectivity index (χ1) is 12.6. The first-order valence-electron chi connectivity index (χ1n) is 8.98. The Bertz CT molecular complexity index is 733. The third-order valence-electron chi connectivity index (χ3n) is 4.68. The van der Waals surface area contributed by atoms with Gasteiger partial charge >= 0.3 is 0 Å². The van der Waals surface area contributed by atoms with Gasteiger partial charge in [-0.2, -0.15) is 0 Å². The molecule has 26 heavy (non-hydrogen) atoms. The van der Waals surface area contributed by atoms with Crippen LogP contribution in [-0.4, -0.2) is 36.1 Å². The number of amides is 2. The largest absolute Gasteiger partial charge is 0.391 e. The van der Waals surface area contributed by atoms with E-state index in [0.29, 0.717) is 13.0 Å². The summed E-state index contributed by atoms with van der Waals surface area (Å²) in [4.78, 5) is 26.2. The number of carbonyl (C=O) groups excluding carboxylic acids is 2. The van der Waals surface area contributed by atoms with Crippen LogP contribution in [0.4, 0.5) is 5.69 Å². The van der Waals surface area contributed by atoms with E-state index >= 15 is 0 Å². The SMILES string of the molecule is O=C(NCC(O)CCc1ccccc1)C1CC(=O)N(c2ccccc2)C1. The van der Waals surface area contributed by atoms with Gasteiger partial charge in [-0.1, -0.05) is 48.5 Å². The molecule has 5 heteroatoms. The second-order valence-electron chi connectivity index (χ2n) is 6.66. The fourth-order valence-corrected chi connectivity index (χ4v) is 3.18. The van der Waals surface area contributed by atoms with Crippen LogP contribution in [0.15, 0.2) is 60.7 Å². The smallest absolute Gasteiger partial charge is 0.227 e. The summed E-state index contributed by atoms with van der Waals surface area (Å²) in [5.41, 5.74) is 1.98. The van der Waals surface area contributed by atoms with Gasteiger partial charge < -0.3 is 15.3 Å². The Morgan fingerprint density at radius 1 is 1.12 bits per heavy atom. The Hall–Kier alpha value is -2.66. The molecule has 1 aliphatic rings. The molecule has 2 N–H and O–H groups in total. The van der Waals surface area contributed by atoms with Crippen molar-refractivity contribution in [1.29, 1.82) is 0 Å². The molecule has 0 aliphatic carbocycles. The van der Waals surface area contributed by atoms with Crippen LogP contribution in [0.2, 0.25) is 0 Å². The van der Waals surface area contributed by atoms with Gasteiger partial charge in [-0.05, 0) is 30.5 Å². The van der Waals surface area contributed by atoms with Gasteiger partial charge in [-0.3, -0.25) is 9.59 Å². The number of anilines is 1. The summed E-state index contributed by atoms with van der Waals surface area (Å²) in [7, 11) is 0. The average molecular weight is 352 g/mol. The van der Waals surface area contributed by atoms with Crippen molar-refractivity contribution in [3.8, 4) is 0 Å². The number of hydrogen-bond donors (Lipinski definition) is 2. The van der Waals surface area contributed by atoms with E-state index in [4.69, 9.17) is 0 Å². The van der Waals surface area contributed by atoms with Gasteiger partial charge in [0.25, 0.3) is 0 Å². The predicted octanol–water partition coefficient (Wildman–Crippen LogP) is 2.15. The van der Waals surface area contributed by atoms with Crippen molar-refractivity contribution in [2.75, 3.05) is 18.0 Å². The standard InChI is InChI=1S/C21H24N2O3/c24-19(12-11-16-7-3-1-4-8-16)14-22-21(26)17-13-20(25)23(15-17)18-9-5-2-6-10-18/h1-10,17,19,24H,11-15H2,(H,22,26). The highest BCUT2D eigenvalue weighted by atomic mass is 16.3. The summed E-state index contributed by atoms with van der Waals surface area (Å²) >= 11 is 0. The summed E-state index contributed by atoms with van der Waals surface area (Å²) in [6.45, 7) is 0.594. The molecule has 0 bridgehead atoms. The van der Waals surface area contributed by atoms with Crippen molar-refractivity contribution in [3.63, 3.8) is 0 Å². The minimum absolute atomic E-state index is 0.0408. The van der Waals surface area contributed by atoms with Crippen molar-refractivity contribution in [2.24, 2.45) is 5.92 Å². The summed E-state index contributed by atoms with van der Waals surface area (Å²) in [6.07, 6.45) is 0.966. The number of nitrogens with one attached hydrogen (secondary N) is 1. The molecule has 1 heterocycles. The molecular formula is C21H24N2O3. The molecule has 2 unspecified atom stereocenters. The van der Waals surface area contributed by atoms with Crippen LogP contribution in [-0.2, 0) is 16.0 Å². The van der Waals surface area contributed by atoms with Crippen LogP contribution in [0.25, 0.3) is 0 Å². The Morgan fingerprint density at radius 3 is 2.46 bits per heavy atom. The van der Waals surface area contributed by atoms with Crippen molar-refractivity contribution in [2.45, 2.75) is 25.4 Å². The van der Waals surface area contributed by atoms with Crippen LogP contribution in [0.5, 0.6) is 0 Å². The van der Waals surface area contributed by atoms with Gasteiger partial charge in [0, 0.05) is 25.2 Å². The zero-order valence-corrected chi connectivity index (χ0v) is 14.7. The Balaban J connectivity index is 1.44. The van der Waals surface area contributed by atoms with Crippen LogP contribution >= 0.6 is 0 Å². The van der Waals surface area contributed by atoms with E-state index in [-0.39, 0.29) is 30.7 Å². The van der Waals surface area contributed by atoms with E-state index in [9.17, 15) is 14.7 Å².